The number of aromatic nitrogens is 1. The predicted octanol–water partition coefficient (Wildman–Crippen LogP) is 3.42. The van der Waals surface area contributed by atoms with Crippen LogP contribution in [0.1, 0.15) is 32.6 Å². The fourth-order valence-corrected chi connectivity index (χ4v) is 3.05. The van der Waals surface area contributed by atoms with Crippen molar-refractivity contribution in [2.75, 3.05) is 0 Å². The second-order valence-electron chi connectivity index (χ2n) is 6.49. The molecule has 0 radical (unpaired) electrons. The molecule has 0 saturated carbocycles. The molecule has 5 heteroatoms. The van der Waals surface area contributed by atoms with Crippen LogP contribution in [-0.4, -0.2) is 23.3 Å². The maximum absolute atomic E-state index is 6.11. The van der Waals surface area contributed by atoms with Crippen LogP contribution in [0, 0.1) is 6.92 Å². The summed E-state index contributed by atoms with van der Waals surface area (Å²) in [7, 11) is -0.323. The van der Waals surface area contributed by atoms with Crippen molar-refractivity contribution in [1.82, 2.24) is 4.98 Å². The first-order chi connectivity index (χ1) is 9.78. The highest BCUT2D eigenvalue weighted by atomic mass is 32.1. The lowest BCUT2D eigenvalue weighted by molar-refractivity contribution is 0.00578. The average Bonchev–Trinajstić information content (AvgIpc) is 2.92. The molecular formula is C16H20BNO2S. The second-order valence-corrected chi connectivity index (χ2v) is 7.72. The van der Waals surface area contributed by atoms with E-state index < -0.39 is 0 Å². The van der Waals surface area contributed by atoms with Crippen molar-refractivity contribution < 1.29 is 9.31 Å². The Morgan fingerprint density at radius 3 is 2.33 bits per heavy atom. The third kappa shape index (κ3) is 2.66. The molecule has 1 aliphatic heterocycles. The van der Waals surface area contributed by atoms with E-state index in [0.717, 1.165) is 16.0 Å². The van der Waals surface area contributed by atoms with Gasteiger partial charge in [0.2, 0.25) is 0 Å². The van der Waals surface area contributed by atoms with Crippen LogP contribution in [0.15, 0.2) is 30.5 Å². The van der Waals surface area contributed by atoms with E-state index in [9.17, 15) is 0 Å². The van der Waals surface area contributed by atoms with E-state index in [1.54, 1.807) is 11.3 Å². The second kappa shape index (κ2) is 4.94. The number of benzene rings is 1. The van der Waals surface area contributed by atoms with Gasteiger partial charge in [0.15, 0.2) is 0 Å². The Kier molecular flexibility index (Phi) is 3.47. The van der Waals surface area contributed by atoms with E-state index in [1.165, 1.54) is 4.88 Å². The molecule has 0 unspecified atom stereocenters. The standard InChI is InChI=1S/C16H20BNO2S/c1-11-10-18-14(21-11)12-7-6-8-13(9-12)17-19-15(2,3)16(4,5)20-17/h6-10H,1-5H3. The summed E-state index contributed by atoms with van der Waals surface area (Å²) in [5.74, 6) is 0. The maximum atomic E-state index is 6.11. The molecule has 2 aromatic rings. The van der Waals surface area contributed by atoms with E-state index in [1.807, 2.05) is 18.3 Å². The Morgan fingerprint density at radius 1 is 1.10 bits per heavy atom. The Hall–Kier alpha value is -1.17. The largest absolute Gasteiger partial charge is 0.494 e. The van der Waals surface area contributed by atoms with Crippen LogP contribution in [0.3, 0.4) is 0 Å². The zero-order chi connectivity index (χ0) is 15.3. The van der Waals surface area contributed by atoms with E-state index in [0.29, 0.717) is 0 Å². The van der Waals surface area contributed by atoms with Crippen LogP contribution in [0.5, 0.6) is 0 Å². The van der Waals surface area contributed by atoms with Crippen LogP contribution in [-0.2, 0) is 9.31 Å². The highest BCUT2D eigenvalue weighted by Crippen LogP contribution is 2.36. The van der Waals surface area contributed by atoms with E-state index >= 15 is 0 Å². The molecule has 0 amide bonds. The third-order valence-electron chi connectivity index (χ3n) is 4.28. The molecule has 3 nitrogen and oxygen atoms in total. The molecule has 0 atom stereocenters. The summed E-state index contributed by atoms with van der Waals surface area (Å²) in [6.07, 6.45) is 1.90. The lowest BCUT2D eigenvalue weighted by Crippen LogP contribution is -2.41. The van der Waals surface area contributed by atoms with Gasteiger partial charge in [-0.25, -0.2) is 4.98 Å². The van der Waals surface area contributed by atoms with Gasteiger partial charge in [0.25, 0.3) is 0 Å². The summed E-state index contributed by atoms with van der Waals surface area (Å²) in [5, 5.41) is 1.03. The average molecular weight is 301 g/mol. The first-order valence-corrected chi connectivity index (χ1v) is 7.98. The highest BCUT2D eigenvalue weighted by molar-refractivity contribution is 7.14. The molecule has 3 rings (SSSR count). The minimum absolute atomic E-state index is 0.314. The summed E-state index contributed by atoms with van der Waals surface area (Å²) in [5.41, 5.74) is 1.52. The molecular weight excluding hydrogens is 281 g/mol. The van der Waals surface area contributed by atoms with Crippen LogP contribution >= 0.6 is 11.3 Å². The summed E-state index contributed by atoms with van der Waals surface area (Å²) in [6.45, 7) is 10.4. The van der Waals surface area contributed by atoms with Gasteiger partial charge in [-0.15, -0.1) is 11.3 Å². The van der Waals surface area contributed by atoms with Crippen molar-refractivity contribution in [3.63, 3.8) is 0 Å². The van der Waals surface area contributed by atoms with Gasteiger partial charge in [0.1, 0.15) is 5.01 Å². The topological polar surface area (TPSA) is 31.4 Å². The monoisotopic (exact) mass is 301 g/mol. The molecule has 2 heterocycles. The van der Waals surface area contributed by atoms with Crippen molar-refractivity contribution >= 4 is 23.9 Å². The lowest BCUT2D eigenvalue weighted by atomic mass is 9.78. The molecule has 1 fully saturated rings. The lowest BCUT2D eigenvalue weighted by Gasteiger charge is -2.32. The van der Waals surface area contributed by atoms with E-state index in [2.05, 4.69) is 51.7 Å². The zero-order valence-corrected chi connectivity index (χ0v) is 14.0. The maximum Gasteiger partial charge on any atom is 0.494 e. The SMILES string of the molecule is Cc1cnc(-c2cccc(B3OC(C)(C)C(C)(C)O3)c2)s1. The smallest absolute Gasteiger partial charge is 0.399 e. The Bertz CT molecular complexity index is 650. The van der Waals surface area contributed by atoms with Crippen molar-refractivity contribution in [2.45, 2.75) is 45.8 Å². The van der Waals surface area contributed by atoms with Gasteiger partial charge in [0, 0.05) is 16.6 Å². The molecule has 110 valence electrons. The predicted molar refractivity (Wildman–Crippen MR) is 88.0 cm³/mol. The van der Waals surface area contributed by atoms with Gasteiger partial charge < -0.3 is 9.31 Å². The Morgan fingerprint density at radius 2 is 1.76 bits per heavy atom. The van der Waals surface area contributed by atoms with Crippen molar-refractivity contribution in [1.29, 1.82) is 0 Å². The summed E-state index contributed by atoms with van der Waals surface area (Å²) < 4.78 is 12.2. The van der Waals surface area contributed by atoms with E-state index in [4.69, 9.17) is 9.31 Å². The van der Waals surface area contributed by atoms with E-state index in [-0.39, 0.29) is 18.3 Å². The van der Waals surface area contributed by atoms with Gasteiger partial charge >= 0.3 is 7.12 Å². The Labute approximate surface area is 130 Å². The first kappa shape index (κ1) is 14.8. The normalized spacial score (nSPS) is 20.0. The number of thiazole rings is 1. The van der Waals surface area contributed by atoms with Gasteiger partial charge in [-0.05, 0) is 40.1 Å². The van der Waals surface area contributed by atoms with Crippen molar-refractivity contribution in [2.24, 2.45) is 0 Å². The molecule has 0 bridgehead atoms. The summed E-state index contributed by atoms with van der Waals surface area (Å²) in [4.78, 5) is 5.66. The van der Waals surface area contributed by atoms with Crippen LogP contribution in [0.2, 0.25) is 0 Å². The fourth-order valence-electron chi connectivity index (χ4n) is 2.29. The van der Waals surface area contributed by atoms with Gasteiger partial charge in [-0.1, -0.05) is 24.3 Å². The molecule has 0 N–H and O–H groups in total. The minimum Gasteiger partial charge on any atom is -0.399 e. The van der Waals surface area contributed by atoms with Crippen LogP contribution in [0.25, 0.3) is 10.6 Å². The molecule has 1 aromatic carbocycles. The highest BCUT2D eigenvalue weighted by Gasteiger charge is 2.51. The molecule has 1 saturated heterocycles. The molecule has 0 aliphatic carbocycles. The summed E-state index contributed by atoms with van der Waals surface area (Å²) in [6, 6.07) is 8.27. The molecule has 1 aliphatic rings. The third-order valence-corrected chi connectivity index (χ3v) is 5.24. The summed E-state index contributed by atoms with van der Waals surface area (Å²) >= 11 is 1.70. The van der Waals surface area contributed by atoms with Crippen LogP contribution in [0.4, 0.5) is 0 Å². The molecule has 0 spiro atoms. The quantitative estimate of drug-likeness (QED) is 0.797. The first-order valence-electron chi connectivity index (χ1n) is 7.17. The Balaban J connectivity index is 1.91. The number of aryl methyl sites for hydroxylation is 1. The van der Waals surface area contributed by atoms with Crippen molar-refractivity contribution in [3.05, 3.63) is 35.3 Å². The van der Waals surface area contributed by atoms with Gasteiger partial charge in [-0.2, -0.15) is 0 Å². The minimum atomic E-state index is -0.323. The van der Waals surface area contributed by atoms with Gasteiger partial charge in [0.05, 0.1) is 11.2 Å². The fraction of sp³-hybridized carbons (Fsp3) is 0.438. The van der Waals surface area contributed by atoms with Gasteiger partial charge in [-0.3, -0.25) is 0 Å². The number of hydrogen-bond acceptors (Lipinski definition) is 4. The van der Waals surface area contributed by atoms with Crippen LogP contribution < -0.4 is 5.46 Å². The molecule has 1 aromatic heterocycles. The van der Waals surface area contributed by atoms with Crippen molar-refractivity contribution in [3.8, 4) is 10.6 Å². The molecule has 21 heavy (non-hydrogen) atoms. The number of rotatable bonds is 2. The number of nitrogens with zero attached hydrogens (tertiary/aromatic N) is 1. The zero-order valence-electron chi connectivity index (χ0n) is 13.1. The number of hydrogen-bond donors (Lipinski definition) is 0.